The van der Waals surface area contributed by atoms with Crippen molar-refractivity contribution in [1.82, 2.24) is 4.90 Å². The molecular formula is C16H14Cl2NO2S-. The molecule has 116 valence electrons. The maximum absolute atomic E-state index is 11.2. The van der Waals surface area contributed by atoms with Crippen molar-refractivity contribution < 1.29 is 8.76 Å². The molecule has 2 aromatic carbocycles. The average molecular weight is 355 g/mol. The first-order valence-corrected chi connectivity index (χ1v) is 8.64. The molecule has 22 heavy (non-hydrogen) atoms. The van der Waals surface area contributed by atoms with Crippen LogP contribution in [-0.4, -0.2) is 27.3 Å². The third-order valence-corrected chi connectivity index (χ3v) is 5.14. The van der Waals surface area contributed by atoms with E-state index in [4.69, 9.17) is 23.2 Å². The van der Waals surface area contributed by atoms with E-state index in [1.165, 1.54) is 0 Å². The number of hydrogen-bond acceptors (Lipinski definition) is 3. The summed E-state index contributed by atoms with van der Waals surface area (Å²) in [5.74, 6) is 0.0495. The number of benzene rings is 2. The van der Waals surface area contributed by atoms with E-state index >= 15 is 0 Å². The summed E-state index contributed by atoms with van der Waals surface area (Å²) in [6.45, 7) is 1.55. The molecule has 0 fully saturated rings. The van der Waals surface area contributed by atoms with Crippen LogP contribution in [0.2, 0.25) is 10.0 Å². The maximum Gasteiger partial charge on any atom is 0.0468 e. The highest BCUT2D eigenvalue weighted by Gasteiger charge is 2.27. The highest BCUT2D eigenvalue weighted by Crippen LogP contribution is 2.38. The lowest BCUT2D eigenvalue weighted by atomic mass is 9.85. The van der Waals surface area contributed by atoms with Crippen LogP contribution in [0.15, 0.2) is 41.3 Å². The molecule has 0 spiro atoms. The third-order valence-electron chi connectivity index (χ3n) is 3.95. The summed E-state index contributed by atoms with van der Waals surface area (Å²) in [7, 11) is 2.02. The first-order chi connectivity index (χ1) is 10.5. The van der Waals surface area contributed by atoms with Gasteiger partial charge in [-0.05, 0) is 59.1 Å². The zero-order chi connectivity index (χ0) is 15.9. The van der Waals surface area contributed by atoms with Crippen LogP contribution in [0.25, 0.3) is 0 Å². The van der Waals surface area contributed by atoms with Crippen LogP contribution < -0.4 is 0 Å². The van der Waals surface area contributed by atoms with Gasteiger partial charge in [0.15, 0.2) is 0 Å². The zero-order valence-electron chi connectivity index (χ0n) is 11.9. The number of likely N-dealkylation sites (N-methyl/N-ethyl adjacent to an activating group) is 1. The minimum absolute atomic E-state index is 0.0495. The predicted octanol–water partition coefficient (Wildman–Crippen LogP) is 3.81. The summed E-state index contributed by atoms with van der Waals surface area (Å²) in [5, 5.41) is 1.25. The zero-order valence-corrected chi connectivity index (χ0v) is 14.2. The molecule has 2 unspecified atom stereocenters. The summed E-state index contributed by atoms with van der Waals surface area (Å²) >= 11 is 10.3. The highest BCUT2D eigenvalue weighted by atomic mass is 35.5. The molecule has 0 aliphatic carbocycles. The van der Waals surface area contributed by atoms with Crippen LogP contribution in [0, 0.1) is 0 Å². The van der Waals surface area contributed by atoms with Crippen molar-refractivity contribution in [1.29, 1.82) is 0 Å². The van der Waals surface area contributed by atoms with E-state index in [1.807, 2.05) is 19.2 Å². The van der Waals surface area contributed by atoms with E-state index < -0.39 is 11.1 Å². The number of nitrogens with zero attached hydrogens (tertiary/aromatic N) is 1. The molecule has 0 saturated carbocycles. The molecule has 3 nitrogen and oxygen atoms in total. The fourth-order valence-electron chi connectivity index (χ4n) is 2.97. The first kappa shape index (κ1) is 16.0. The average Bonchev–Trinajstić information content (AvgIpc) is 2.47. The Morgan fingerprint density at radius 3 is 2.77 bits per heavy atom. The molecule has 0 N–H and O–H groups in total. The lowest BCUT2D eigenvalue weighted by Crippen LogP contribution is -2.31. The van der Waals surface area contributed by atoms with Gasteiger partial charge in [0.1, 0.15) is 0 Å². The van der Waals surface area contributed by atoms with Crippen molar-refractivity contribution in [2.75, 3.05) is 13.6 Å². The Labute approximate surface area is 142 Å². The van der Waals surface area contributed by atoms with Crippen LogP contribution >= 0.6 is 23.2 Å². The molecule has 0 aromatic heterocycles. The van der Waals surface area contributed by atoms with Gasteiger partial charge in [-0.15, -0.1) is 0 Å². The van der Waals surface area contributed by atoms with Gasteiger partial charge in [0.05, 0.1) is 0 Å². The molecule has 1 aliphatic rings. The summed E-state index contributed by atoms with van der Waals surface area (Å²) < 4.78 is 22.4. The molecule has 2 aromatic rings. The smallest absolute Gasteiger partial charge is 0.0468 e. The van der Waals surface area contributed by atoms with Crippen molar-refractivity contribution in [3.05, 3.63) is 63.1 Å². The monoisotopic (exact) mass is 354 g/mol. The fourth-order valence-corrected chi connectivity index (χ4v) is 3.96. The second kappa shape index (κ2) is 6.30. The summed E-state index contributed by atoms with van der Waals surface area (Å²) in [5.41, 5.74) is 3.08. The quantitative estimate of drug-likeness (QED) is 0.770. The van der Waals surface area contributed by atoms with E-state index in [1.54, 1.807) is 24.3 Å². The second-order valence-corrected chi connectivity index (χ2v) is 7.30. The number of halogens is 2. The molecule has 1 aliphatic heterocycles. The first-order valence-electron chi connectivity index (χ1n) is 6.81. The van der Waals surface area contributed by atoms with Gasteiger partial charge in [0, 0.05) is 33.9 Å². The predicted molar refractivity (Wildman–Crippen MR) is 88.3 cm³/mol. The van der Waals surface area contributed by atoms with Crippen LogP contribution in [0.4, 0.5) is 0 Å². The van der Waals surface area contributed by atoms with Crippen molar-refractivity contribution in [2.24, 2.45) is 0 Å². The van der Waals surface area contributed by atoms with Crippen molar-refractivity contribution >= 4 is 34.3 Å². The minimum atomic E-state index is -2.23. The number of rotatable bonds is 2. The van der Waals surface area contributed by atoms with Crippen LogP contribution in [0.5, 0.6) is 0 Å². The lowest BCUT2D eigenvalue weighted by molar-refractivity contribution is 0.295. The van der Waals surface area contributed by atoms with E-state index in [0.29, 0.717) is 14.9 Å². The van der Waals surface area contributed by atoms with E-state index in [0.717, 1.165) is 29.8 Å². The van der Waals surface area contributed by atoms with Crippen LogP contribution in [0.3, 0.4) is 0 Å². The van der Waals surface area contributed by atoms with Gasteiger partial charge in [0.25, 0.3) is 0 Å². The number of hydrogen-bond donors (Lipinski definition) is 0. The molecule has 0 bridgehead atoms. The molecule has 0 saturated heterocycles. The molecule has 2 atom stereocenters. The summed E-state index contributed by atoms with van der Waals surface area (Å²) in [4.78, 5) is 2.47. The topological polar surface area (TPSA) is 43.4 Å². The normalized spacial score (nSPS) is 19.7. The van der Waals surface area contributed by atoms with Gasteiger partial charge in [-0.2, -0.15) is 0 Å². The Balaban J connectivity index is 2.13. The fraction of sp³-hybridized carbons (Fsp3) is 0.250. The van der Waals surface area contributed by atoms with Gasteiger partial charge in [-0.25, -0.2) is 0 Å². The van der Waals surface area contributed by atoms with Crippen molar-refractivity contribution in [3.63, 3.8) is 0 Å². The van der Waals surface area contributed by atoms with Gasteiger partial charge in [-0.3, -0.25) is 4.21 Å². The number of fused-ring (bicyclic) bond motifs is 1. The van der Waals surface area contributed by atoms with Crippen molar-refractivity contribution in [3.8, 4) is 0 Å². The minimum Gasteiger partial charge on any atom is -0.768 e. The molecular weight excluding hydrogens is 341 g/mol. The molecule has 0 amide bonds. The Morgan fingerprint density at radius 1 is 1.27 bits per heavy atom. The highest BCUT2D eigenvalue weighted by molar-refractivity contribution is 7.79. The van der Waals surface area contributed by atoms with E-state index in [-0.39, 0.29) is 5.92 Å². The third kappa shape index (κ3) is 3.07. The Morgan fingerprint density at radius 2 is 2.05 bits per heavy atom. The molecule has 6 heteroatoms. The Bertz CT molecular complexity index is 751. The van der Waals surface area contributed by atoms with E-state index in [2.05, 4.69) is 4.90 Å². The Kier molecular flexibility index (Phi) is 4.57. The SMILES string of the molecule is CN1Cc2c(Cl)cc(Cl)cc2C(c2cccc(S(=O)[O-])c2)C1. The lowest BCUT2D eigenvalue weighted by Gasteiger charge is -2.33. The maximum atomic E-state index is 11.2. The molecule has 0 radical (unpaired) electrons. The van der Waals surface area contributed by atoms with Gasteiger partial charge >= 0.3 is 0 Å². The standard InChI is InChI=1S/C16H15Cl2NO2S/c1-19-8-14(10-3-2-4-12(5-10)22(20)21)13-6-11(17)7-16(18)15(13)9-19/h2-7,14H,8-9H2,1H3,(H,20,21)/p-1. The molecule has 1 heterocycles. The largest absolute Gasteiger partial charge is 0.768 e. The second-order valence-electron chi connectivity index (χ2n) is 5.51. The summed E-state index contributed by atoms with van der Waals surface area (Å²) in [6, 6.07) is 10.7. The van der Waals surface area contributed by atoms with Gasteiger partial charge in [0.2, 0.25) is 0 Å². The van der Waals surface area contributed by atoms with Crippen LogP contribution in [0.1, 0.15) is 22.6 Å². The van der Waals surface area contributed by atoms with Crippen molar-refractivity contribution in [2.45, 2.75) is 17.4 Å². The van der Waals surface area contributed by atoms with Gasteiger partial charge < -0.3 is 9.45 Å². The van der Waals surface area contributed by atoms with Gasteiger partial charge in [-0.1, -0.05) is 35.3 Å². The summed E-state index contributed by atoms with van der Waals surface area (Å²) in [6.07, 6.45) is 0. The van der Waals surface area contributed by atoms with E-state index in [9.17, 15) is 8.76 Å². The Hall–Kier alpha value is -0.910. The molecule has 3 rings (SSSR count). The van der Waals surface area contributed by atoms with Crippen LogP contribution in [-0.2, 0) is 17.6 Å².